The summed E-state index contributed by atoms with van der Waals surface area (Å²) in [4.78, 5) is 22.8. The number of amides is 2. The van der Waals surface area contributed by atoms with E-state index in [1.165, 1.54) is 0 Å². The van der Waals surface area contributed by atoms with Gasteiger partial charge in [-0.3, -0.25) is 9.59 Å². The average molecular weight is 282 g/mol. The highest BCUT2D eigenvalue weighted by atomic mass is 35.5. The van der Waals surface area contributed by atoms with Gasteiger partial charge in [0.25, 0.3) is 0 Å². The van der Waals surface area contributed by atoms with Crippen LogP contribution in [0.2, 0.25) is 5.02 Å². The molecule has 6 heteroatoms. The molecule has 0 unspecified atom stereocenters. The summed E-state index contributed by atoms with van der Waals surface area (Å²) in [6.45, 7) is 5.25. The van der Waals surface area contributed by atoms with Crippen molar-refractivity contribution in [1.82, 2.24) is 10.7 Å². The summed E-state index contributed by atoms with van der Waals surface area (Å²) in [7, 11) is 0. The van der Waals surface area contributed by atoms with Gasteiger partial charge in [-0.2, -0.15) is 5.10 Å². The average Bonchev–Trinajstić information content (AvgIpc) is 2.34. The van der Waals surface area contributed by atoms with Crippen LogP contribution in [0.15, 0.2) is 29.4 Å². The van der Waals surface area contributed by atoms with E-state index in [0.717, 1.165) is 5.56 Å². The largest absolute Gasteiger partial charge is 0.346 e. The third-order valence-electron chi connectivity index (χ3n) is 2.19. The zero-order valence-corrected chi connectivity index (χ0v) is 11.8. The topological polar surface area (TPSA) is 70.6 Å². The van der Waals surface area contributed by atoms with Crippen LogP contribution in [0.4, 0.5) is 0 Å². The maximum atomic E-state index is 11.4. The number of carbonyl (C=O) groups is 2. The highest BCUT2D eigenvalue weighted by Gasteiger charge is 2.13. The van der Waals surface area contributed by atoms with Crippen LogP contribution in [0, 0.1) is 0 Å². The standard InChI is InChI=1S/C13H16ClN3O2/c1-8(2)15-12(18)13(19)17-16-9(3)10-5-4-6-11(14)7-10/h4-8H,1-3H3,(H,15,18)(H,17,19)/b16-9-. The third-order valence-corrected chi connectivity index (χ3v) is 2.43. The SMILES string of the molecule is C/C(=N/NC(=O)C(=O)NC(C)C)c1cccc(Cl)c1. The zero-order valence-electron chi connectivity index (χ0n) is 11.0. The van der Waals surface area contributed by atoms with Crippen molar-refractivity contribution in [2.75, 3.05) is 0 Å². The molecule has 1 aromatic carbocycles. The van der Waals surface area contributed by atoms with Crippen LogP contribution in [0.25, 0.3) is 0 Å². The van der Waals surface area contributed by atoms with Gasteiger partial charge in [0.1, 0.15) is 0 Å². The molecule has 2 N–H and O–H groups in total. The second kappa shape index (κ2) is 6.89. The van der Waals surface area contributed by atoms with Crippen molar-refractivity contribution in [3.05, 3.63) is 34.9 Å². The summed E-state index contributed by atoms with van der Waals surface area (Å²) >= 11 is 5.85. The van der Waals surface area contributed by atoms with E-state index in [0.29, 0.717) is 10.7 Å². The lowest BCUT2D eigenvalue weighted by Gasteiger charge is -2.07. The van der Waals surface area contributed by atoms with E-state index in [2.05, 4.69) is 15.8 Å². The fraction of sp³-hybridized carbons (Fsp3) is 0.308. The van der Waals surface area contributed by atoms with Gasteiger partial charge in [0, 0.05) is 11.1 Å². The van der Waals surface area contributed by atoms with E-state index < -0.39 is 11.8 Å². The maximum Gasteiger partial charge on any atom is 0.329 e. The van der Waals surface area contributed by atoms with Crippen molar-refractivity contribution in [3.8, 4) is 0 Å². The number of hydrogen-bond donors (Lipinski definition) is 2. The first kappa shape index (κ1) is 15.2. The molecule has 0 heterocycles. The first-order valence-corrected chi connectivity index (χ1v) is 6.19. The Hall–Kier alpha value is -1.88. The summed E-state index contributed by atoms with van der Waals surface area (Å²) in [5.41, 5.74) is 3.54. The van der Waals surface area contributed by atoms with Crippen LogP contribution in [0.3, 0.4) is 0 Å². The normalized spacial score (nSPS) is 11.3. The van der Waals surface area contributed by atoms with Gasteiger partial charge in [0.2, 0.25) is 0 Å². The quantitative estimate of drug-likeness (QED) is 0.503. The van der Waals surface area contributed by atoms with Crippen molar-refractivity contribution < 1.29 is 9.59 Å². The smallest absolute Gasteiger partial charge is 0.329 e. The first-order chi connectivity index (χ1) is 8.90. The molecule has 0 saturated heterocycles. The second-order valence-corrected chi connectivity index (χ2v) is 4.71. The van der Waals surface area contributed by atoms with E-state index in [-0.39, 0.29) is 6.04 Å². The molecule has 0 radical (unpaired) electrons. The first-order valence-electron chi connectivity index (χ1n) is 5.81. The number of nitrogens with one attached hydrogen (secondary N) is 2. The Balaban J connectivity index is 2.66. The Morgan fingerprint density at radius 1 is 1.26 bits per heavy atom. The number of nitrogens with zero attached hydrogens (tertiary/aromatic N) is 1. The van der Waals surface area contributed by atoms with Crippen LogP contribution in [-0.4, -0.2) is 23.6 Å². The zero-order chi connectivity index (χ0) is 14.4. The molecule has 1 aromatic rings. The van der Waals surface area contributed by atoms with Gasteiger partial charge < -0.3 is 5.32 Å². The molecule has 0 aliphatic carbocycles. The molecule has 0 saturated carbocycles. The minimum absolute atomic E-state index is 0.101. The van der Waals surface area contributed by atoms with Crippen molar-refractivity contribution in [3.63, 3.8) is 0 Å². The molecule has 102 valence electrons. The van der Waals surface area contributed by atoms with Crippen molar-refractivity contribution >= 4 is 29.1 Å². The molecule has 0 atom stereocenters. The number of carbonyl (C=O) groups excluding carboxylic acids is 2. The lowest BCUT2D eigenvalue weighted by molar-refractivity contribution is -0.139. The number of rotatable bonds is 3. The van der Waals surface area contributed by atoms with Gasteiger partial charge in [-0.25, -0.2) is 5.43 Å². The van der Waals surface area contributed by atoms with Crippen molar-refractivity contribution in [2.24, 2.45) is 5.10 Å². The van der Waals surface area contributed by atoms with Gasteiger partial charge in [-0.15, -0.1) is 0 Å². The third kappa shape index (κ3) is 5.09. The summed E-state index contributed by atoms with van der Waals surface area (Å²) in [5.74, 6) is -1.51. The van der Waals surface area contributed by atoms with Crippen LogP contribution < -0.4 is 10.7 Å². The van der Waals surface area contributed by atoms with Crippen LogP contribution in [-0.2, 0) is 9.59 Å². The summed E-state index contributed by atoms with van der Waals surface area (Å²) < 4.78 is 0. The summed E-state index contributed by atoms with van der Waals surface area (Å²) in [6, 6.07) is 6.96. The predicted molar refractivity (Wildman–Crippen MR) is 75.1 cm³/mol. The summed E-state index contributed by atoms with van der Waals surface area (Å²) in [5, 5.41) is 6.91. The molecule has 0 spiro atoms. The number of hydrogen-bond acceptors (Lipinski definition) is 3. The number of benzene rings is 1. The van der Waals surface area contributed by atoms with Gasteiger partial charge in [-0.1, -0.05) is 23.7 Å². The van der Waals surface area contributed by atoms with E-state index >= 15 is 0 Å². The molecule has 2 amide bonds. The van der Waals surface area contributed by atoms with Gasteiger partial charge in [0.15, 0.2) is 0 Å². The Kier molecular flexibility index (Phi) is 5.51. The van der Waals surface area contributed by atoms with Crippen LogP contribution in [0.5, 0.6) is 0 Å². The lowest BCUT2D eigenvalue weighted by Crippen LogP contribution is -2.41. The number of halogens is 1. The fourth-order valence-corrected chi connectivity index (χ4v) is 1.48. The molecule has 5 nitrogen and oxygen atoms in total. The molecule has 0 bridgehead atoms. The molecule has 1 rings (SSSR count). The van der Waals surface area contributed by atoms with Crippen LogP contribution >= 0.6 is 11.6 Å². The van der Waals surface area contributed by atoms with Gasteiger partial charge >= 0.3 is 11.8 Å². The van der Waals surface area contributed by atoms with Crippen molar-refractivity contribution in [2.45, 2.75) is 26.8 Å². The predicted octanol–water partition coefficient (Wildman–Crippen LogP) is 1.70. The minimum atomic E-state index is -0.796. The fourth-order valence-electron chi connectivity index (χ4n) is 1.29. The van der Waals surface area contributed by atoms with Crippen molar-refractivity contribution in [1.29, 1.82) is 0 Å². The molecule has 19 heavy (non-hydrogen) atoms. The Bertz CT molecular complexity index is 512. The van der Waals surface area contributed by atoms with E-state index in [1.54, 1.807) is 39.0 Å². The monoisotopic (exact) mass is 281 g/mol. The Morgan fingerprint density at radius 2 is 1.95 bits per heavy atom. The highest BCUT2D eigenvalue weighted by Crippen LogP contribution is 2.11. The molecule has 0 fully saturated rings. The molecular weight excluding hydrogens is 266 g/mol. The highest BCUT2D eigenvalue weighted by molar-refractivity contribution is 6.35. The van der Waals surface area contributed by atoms with Gasteiger partial charge in [0.05, 0.1) is 5.71 Å². The molecule has 0 aliphatic heterocycles. The maximum absolute atomic E-state index is 11.4. The van der Waals surface area contributed by atoms with E-state index in [9.17, 15) is 9.59 Å². The van der Waals surface area contributed by atoms with E-state index in [4.69, 9.17) is 11.6 Å². The molecule has 0 aromatic heterocycles. The van der Waals surface area contributed by atoms with Crippen LogP contribution in [0.1, 0.15) is 26.3 Å². The van der Waals surface area contributed by atoms with Gasteiger partial charge in [-0.05, 0) is 38.5 Å². The number of hydrazone groups is 1. The Labute approximate surface area is 117 Å². The second-order valence-electron chi connectivity index (χ2n) is 4.28. The lowest BCUT2D eigenvalue weighted by atomic mass is 10.1. The van der Waals surface area contributed by atoms with E-state index in [1.807, 2.05) is 6.07 Å². The summed E-state index contributed by atoms with van der Waals surface area (Å²) in [6.07, 6.45) is 0. The minimum Gasteiger partial charge on any atom is -0.346 e. The Morgan fingerprint density at radius 3 is 2.53 bits per heavy atom. The molecular formula is C13H16ClN3O2. The molecule has 0 aliphatic rings.